The van der Waals surface area contributed by atoms with E-state index in [1.807, 2.05) is 17.0 Å². The van der Waals surface area contributed by atoms with Crippen LogP contribution in [0.3, 0.4) is 0 Å². The average Bonchev–Trinajstić information content (AvgIpc) is 3.38. The molecule has 2 aromatic heterocycles. The van der Waals surface area contributed by atoms with E-state index in [9.17, 15) is 4.79 Å². The highest BCUT2D eigenvalue weighted by Crippen LogP contribution is 2.10. The van der Waals surface area contributed by atoms with Crippen molar-refractivity contribution in [3.05, 3.63) is 48.3 Å². The molecular weight excluding hydrogens is 344 g/mol. The molecule has 1 aliphatic rings. The first-order valence-electron chi connectivity index (χ1n) is 9.52. The Morgan fingerprint density at radius 2 is 1.81 bits per heavy atom. The minimum Gasteiger partial charge on any atom is -0.469 e. The molecule has 27 heavy (non-hydrogen) atoms. The molecule has 0 aromatic carbocycles. The predicted octanol–water partition coefficient (Wildman–Crippen LogP) is 2.47. The molecule has 0 spiro atoms. The number of nitrogens with zero attached hydrogens (tertiary/aromatic N) is 3. The Bertz CT molecular complexity index is 715. The van der Waals surface area contributed by atoms with E-state index in [4.69, 9.17) is 13.8 Å². The lowest BCUT2D eigenvalue weighted by atomic mass is 10.2. The SMILES string of the molecule is CC(C)CN=C(NCCc1ccco1)N1CCN(C(=O)c2ccco2)CC1. The molecule has 1 N–H and O–H groups in total. The fourth-order valence-corrected chi connectivity index (χ4v) is 2.97. The highest BCUT2D eigenvalue weighted by atomic mass is 16.3. The van der Waals surface area contributed by atoms with Crippen LogP contribution in [0.5, 0.6) is 0 Å². The quantitative estimate of drug-likeness (QED) is 0.623. The van der Waals surface area contributed by atoms with Crippen molar-refractivity contribution in [2.75, 3.05) is 39.3 Å². The lowest BCUT2D eigenvalue weighted by Crippen LogP contribution is -2.54. The Kier molecular flexibility index (Phi) is 6.57. The third kappa shape index (κ3) is 5.39. The number of carbonyl (C=O) groups is 1. The maximum Gasteiger partial charge on any atom is 0.289 e. The van der Waals surface area contributed by atoms with Crippen molar-refractivity contribution in [2.45, 2.75) is 20.3 Å². The van der Waals surface area contributed by atoms with Crippen molar-refractivity contribution < 1.29 is 13.6 Å². The second kappa shape index (κ2) is 9.30. The van der Waals surface area contributed by atoms with E-state index in [1.165, 1.54) is 6.26 Å². The Balaban J connectivity index is 1.54. The number of hydrogen-bond donors (Lipinski definition) is 1. The standard InChI is InChI=1S/C20H28N4O3/c1-16(2)15-22-20(21-8-7-17-5-3-13-26-17)24-11-9-23(10-12-24)19(25)18-6-4-14-27-18/h3-6,13-14,16H,7-12,15H2,1-2H3,(H,21,22). The summed E-state index contributed by atoms with van der Waals surface area (Å²) < 4.78 is 10.6. The number of guanidine groups is 1. The molecular formula is C20H28N4O3. The van der Waals surface area contributed by atoms with Crippen LogP contribution in [0.1, 0.15) is 30.2 Å². The number of amides is 1. The first-order valence-corrected chi connectivity index (χ1v) is 9.52. The van der Waals surface area contributed by atoms with E-state index in [2.05, 4.69) is 24.1 Å². The monoisotopic (exact) mass is 372 g/mol. The summed E-state index contributed by atoms with van der Waals surface area (Å²) in [5.41, 5.74) is 0. The zero-order chi connectivity index (χ0) is 19.1. The highest BCUT2D eigenvalue weighted by molar-refractivity contribution is 5.91. The van der Waals surface area contributed by atoms with Gasteiger partial charge in [0.2, 0.25) is 0 Å². The Morgan fingerprint density at radius 1 is 1.11 bits per heavy atom. The second-order valence-electron chi connectivity index (χ2n) is 7.07. The first kappa shape index (κ1) is 19.1. The van der Waals surface area contributed by atoms with Crippen LogP contribution in [-0.2, 0) is 6.42 Å². The summed E-state index contributed by atoms with van der Waals surface area (Å²) in [6.45, 7) is 8.65. The van der Waals surface area contributed by atoms with E-state index in [-0.39, 0.29) is 5.91 Å². The van der Waals surface area contributed by atoms with Gasteiger partial charge in [0.1, 0.15) is 5.76 Å². The molecule has 0 atom stereocenters. The van der Waals surface area contributed by atoms with Gasteiger partial charge in [-0.05, 0) is 30.2 Å². The van der Waals surface area contributed by atoms with Crippen molar-refractivity contribution in [3.63, 3.8) is 0 Å². The molecule has 1 aliphatic heterocycles. The van der Waals surface area contributed by atoms with Crippen molar-refractivity contribution in [1.29, 1.82) is 0 Å². The minimum atomic E-state index is -0.0499. The molecule has 0 saturated carbocycles. The van der Waals surface area contributed by atoms with Crippen LogP contribution in [0.4, 0.5) is 0 Å². The molecule has 1 saturated heterocycles. The van der Waals surface area contributed by atoms with Gasteiger partial charge in [0.05, 0.1) is 12.5 Å². The number of furan rings is 2. The lowest BCUT2D eigenvalue weighted by molar-refractivity contribution is 0.0657. The molecule has 0 aliphatic carbocycles. The lowest BCUT2D eigenvalue weighted by Gasteiger charge is -2.36. The Hall–Kier alpha value is -2.70. The van der Waals surface area contributed by atoms with Crippen LogP contribution in [0.15, 0.2) is 50.6 Å². The number of piperazine rings is 1. The molecule has 3 rings (SSSR count). The van der Waals surface area contributed by atoms with Crippen LogP contribution in [0, 0.1) is 5.92 Å². The van der Waals surface area contributed by atoms with Gasteiger partial charge in [-0.3, -0.25) is 9.79 Å². The first-order chi connectivity index (χ1) is 13.1. The normalized spacial score (nSPS) is 15.4. The summed E-state index contributed by atoms with van der Waals surface area (Å²) in [7, 11) is 0. The third-order valence-electron chi connectivity index (χ3n) is 4.44. The van der Waals surface area contributed by atoms with Crippen LogP contribution in [-0.4, -0.2) is 60.9 Å². The van der Waals surface area contributed by atoms with Crippen LogP contribution in [0.2, 0.25) is 0 Å². The number of rotatable bonds is 6. The van der Waals surface area contributed by atoms with Gasteiger partial charge in [-0.25, -0.2) is 0 Å². The molecule has 0 unspecified atom stereocenters. The van der Waals surface area contributed by atoms with Gasteiger partial charge in [-0.1, -0.05) is 13.8 Å². The van der Waals surface area contributed by atoms with Gasteiger partial charge in [0, 0.05) is 45.7 Å². The maximum absolute atomic E-state index is 12.4. The Morgan fingerprint density at radius 3 is 2.44 bits per heavy atom. The van der Waals surface area contributed by atoms with Crippen LogP contribution >= 0.6 is 0 Å². The average molecular weight is 372 g/mol. The van der Waals surface area contributed by atoms with Crippen molar-refractivity contribution in [1.82, 2.24) is 15.1 Å². The summed E-state index contributed by atoms with van der Waals surface area (Å²) in [4.78, 5) is 21.2. The van der Waals surface area contributed by atoms with E-state index >= 15 is 0 Å². The molecule has 1 amide bonds. The second-order valence-corrected chi connectivity index (χ2v) is 7.07. The van der Waals surface area contributed by atoms with Gasteiger partial charge in [-0.2, -0.15) is 0 Å². The molecule has 7 nitrogen and oxygen atoms in total. The van der Waals surface area contributed by atoms with Crippen LogP contribution in [0.25, 0.3) is 0 Å². The van der Waals surface area contributed by atoms with Crippen LogP contribution < -0.4 is 5.32 Å². The van der Waals surface area contributed by atoms with E-state index in [1.54, 1.807) is 18.4 Å². The van der Waals surface area contributed by atoms with E-state index in [0.717, 1.165) is 44.3 Å². The molecule has 0 radical (unpaired) electrons. The van der Waals surface area contributed by atoms with Gasteiger partial charge in [-0.15, -0.1) is 0 Å². The molecule has 146 valence electrons. The smallest absolute Gasteiger partial charge is 0.289 e. The zero-order valence-corrected chi connectivity index (χ0v) is 16.1. The predicted molar refractivity (Wildman–Crippen MR) is 104 cm³/mol. The molecule has 7 heteroatoms. The molecule has 1 fully saturated rings. The summed E-state index contributed by atoms with van der Waals surface area (Å²) in [6.07, 6.45) is 4.03. The summed E-state index contributed by atoms with van der Waals surface area (Å²) in [6, 6.07) is 7.33. The largest absolute Gasteiger partial charge is 0.469 e. The fraction of sp³-hybridized carbons (Fsp3) is 0.500. The highest BCUT2D eigenvalue weighted by Gasteiger charge is 2.25. The topological polar surface area (TPSA) is 74.2 Å². The Labute approximate surface area is 160 Å². The van der Waals surface area contributed by atoms with E-state index in [0.29, 0.717) is 24.8 Å². The molecule has 0 bridgehead atoms. The van der Waals surface area contributed by atoms with Gasteiger partial charge in [0.15, 0.2) is 11.7 Å². The van der Waals surface area contributed by atoms with Gasteiger partial charge < -0.3 is 24.0 Å². The molecule has 3 heterocycles. The number of hydrogen-bond acceptors (Lipinski definition) is 4. The third-order valence-corrected chi connectivity index (χ3v) is 4.44. The summed E-state index contributed by atoms with van der Waals surface area (Å²) >= 11 is 0. The van der Waals surface area contributed by atoms with Crippen molar-refractivity contribution in [2.24, 2.45) is 10.9 Å². The summed E-state index contributed by atoms with van der Waals surface area (Å²) in [5, 5.41) is 3.45. The van der Waals surface area contributed by atoms with Crippen molar-refractivity contribution >= 4 is 11.9 Å². The fourth-order valence-electron chi connectivity index (χ4n) is 2.97. The maximum atomic E-state index is 12.4. The number of nitrogens with one attached hydrogen (secondary N) is 1. The van der Waals surface area contributed by atoms with Crippen molar-refractivity contribution in [3.8, 4) is 0 Å². The summed E-state index contributed by atoms with van der Waals surface area (Å²) in [5.74, 6) is 2.70. The molecule has 2 aromatic rings. The van der Waals surface area contributed by atoms with Gasteiger partial charge >= 0.3 is 0 Å². The number of aliphatic imine (C=N–C) groups is 1. The van der Waals surface area contributed by atoms with E-state index < -0.39 is 0 Å². The number of carbonyl (C=O) groups excluding carboxylic acids is 1. The zero-order valence-electron chi connectivity index (χ0n) is 16.1. The minimum absolute atomic E-state index is 0.0499. The van der Waals surface area contributed by atoms with Gasteiger partial charge in [0.25, 0.3) is 5.91 Å².